The van der Waals surface area contributed by atoms with Crippen LogP contribution in [0.15, 0.2) is 43.0 Å². The number of hydrogen-bond acceptors (Lipinski definition) is 3. The Balaban J connectivity index is 1.77. The fourth-order valence-corrected chi connectivity index (χ4v) is 4.97. The van der Waals surface area contributed by atoms with Crippen molar-refractivity contribution < 1.29 is 0 Å². The monoisotopic (exact) mass is 368 g/mol. The second-order valence-electron chi connectivity index (χ2n) is 5.60. The van der Waals surface area contributed by atoms with E-state index >= 15 is 0 Å². The zero-order valence-corrected chi connectivity index (χ0v) is 16.0. The van der Waals surface area contributed by atoms with Gasteiger partial charge in [0.2, 0.25) is 0 Å². The molecule has 0 aliphatic rings. The van der Waals surface area contributed by atoms with Gasteiger partial charge in [-0.25, -0.2) is 4.98 Å². The number of thioether (sulfide) groups is 2. The molecule has 126 valence electrons. The highest BCUT2D eigenvalue weighted by molar-refractivity contribution is 8.03. The van der Waals surface area contributed by atoms with Gasteiger partial charge >= 0.3 is 0 Å². The molecule has 2 rings (SSSR count). The van der Waals surface area contributed by atoms with E-state index in [-0.39, 0.29) is 0 Å². The minimum Gasteiger partial charge on any atom is -0.336 e. The van der Waals surface area contributed by atoms with E-state index in [0.717, 1.165) is 23.1 Å². The van der Waals surface area contributed by atoms with Crippen molar-refractivity contribution >= 4 is 35.1 Å². The van der Waals surface area contributed by atoms with Crippen molar-refractivity contribution in [2.75, 3.05) is 11.5 Å². The number of aromatic nitrogens is 2. The molecule has 1 heterocycles. The van der Waals surface area contributed by atoms with Gasteiger partial charge in [-0.05, 0) is 29.9 Å². The number of rotatable bonds is 11. The Morgan fingerprint density at radius 2 is 2.04 bits per heavy atom. The van der Waals surface area contributed by atoms with Gasteiger partial charge in [0.25, 0.3) is 0 Å². The quantitative estimate of drug-likeness (QED) is 0.469. The highest BCUT2D eigenvalue weighted by atomic mass is 35.5. The molecule has 0 amide bonds. The van der Waals surface area contributed by atoms with E-state index in [1.54, 1.807) is 0 Å². The summed E-state index contributed by atoms with van der Waals surface area (Å²) in [7, 11) is 0. The molecule has 1 aromatic carbocycles. The van der Waals surface area contributed by atoms with Crippen molar-refractivity contribution in [3.63, 3.8) is 0 Å². The molecule has 0 saturated heterocycles. The van der Waals surface area contributed by atoms with Crippen molar-refractivity contribution in [3.8, 4) is 0 Å². The second kappa shape index (κ2) is 11.1. The first-order chi connectivity index (χ1) is 11.3. The van der Waals surface area contributed by atoms with Crippen LogP contribution in [0, 0.1) is 0 Å². The van der Waals surface area contributed by atoms with Gasteiger partial charge in [0, 0.05) is 40.7 Å². The molecule has 0 radical (unpaired) electrons. The van der Waals surface area contributed by atoms with E-state index in [2.05, 4.69) is 46.6 Å². The molecule has 1 atom stereocenters. The predicted molar refractivity (Wildman–Crippen MR) is 106 cm³/mol. The molecule has 1 aromatic heterocycles. The molecule has 1 unspecified atom stereocenters. The van der Waals surface area contributed by atoms with Crippen LogP contribution in [-0.2, 0) is 12.3 Å². The van der Waals surface area contributed by atoms with Crippen LogP contribution < -0.4 is 0 Å². The highest BCUT2D eigenvalue weighted by Crippen LogP contribution is 2.23. The maximum absolute atomic E-state index is 5.94. The van der Waals surface area contributed by atoms with E-state index in [9.17, 15) is 0 Å². The Morgan fingerprint density at radius 3 is 2.74 bits per heavy atom. The maximum atomic E-state index is 5.94. The molecule has 0 N–H and O–H groups in total. The molecule has 2 nitrogen and oxygen atoms in total. The average Bonchev–Trinajstić information content (AvgIpc) is 3.06. The third-order valence-corrected chi connectivity index (χ3v) is 6.51. The van der Waals surface area contributed by atoms with Crippen LogP contribution in [0.3, 0.4) is 0 Å². The summed E-state index contributed by atoms with van der Waals surface area (Å²) in [6.07, 6.45) is 9.79. The van der Waals surface area contributed by atoms with Crippen molar-refractivity contribution in [2.45, 2.75) is 43.7 Å². The minimum atomic E-state index is 0.637. The van der Waals surface area contributed by atoms with Crippen molar-refractivity contribution in [3.05, 3.63) is 53.6 Å². The van der Waals surface area contributed by atoms with Gasteiger partial charge in [-0.3, -0.25) is 0 Å². The normalized spacial score (nSPS) is 12.4. The number of imidazole rings is 1. The van der Waals surface area contributed by atoms with E-state index in [4.69, 9.17) is 11.6 Å². The summed E-state index contributed by atoms with van der Waals surface area (Å²) >= 11 is 10.1. The Hall–Kier alpha value is -0.580. The standard InChI is InChI=1S/C18H25ClN2S2/c1-2-3-4-11-23-18(12-21-10-9-20-15-21)14-22-13-16-5-7-17(19)8-6-16/h5-10,15,18H,2-4,11-14H2,1H3. The van der Waals surface area contributed by atoms with Crippen LogP contribution in [-0.4, -0.2) is 26.3 Å². The average molecular weight is 369 g/mol. The summed E-state index contributed by atoms with van der Waals surface area (Å²) in [4.78, 5) is 4.16. The van der Waals surface area contributed by atoms with E-state index in [0.29, 0.717) is 5.25 Å². The summed E-state index contributed by atoms with van der Waals surface area (Å²) in [5, 5.41) is 1.45. The fourth-order valence-electron chi connectivity index (χ4n) is 2.27. The number of hydrogen-bond donors (Lipinski definition) is 0. The summed E-state index contributed by atoms with van der Waals surface area (Å²) in [5.41, 5.74) is 1.34. The lowest BCUT2D eigenvalue weighted by Gasteiger charge is -2.17. The maximum Gasteiger partial charge on any atom is 0.0946 e. The Bertz CT molecular complexity index is 528. The molecule has 0 bridgehead atoms. The lowest BCUT2D eigenvalue weighted by atomic mass is 10.2. The number of halogens is 1. The minimum absolute atomic E-state index is 0.637. The van der Waals surface area contributed by atoms with E-state index in [1.807, 2.05) is 36.4 Å². The zero-order valence-electron chi connectivity index (χ0n) is 13.7. The van der Waals surface area contributed by atoms with Crippen LogP contribution >= 0.6 is 35.1 Å². The SMILES string of the molecule is CCCCCSC(CSCc1ccc(Cl)cc1)Cn1ccnc1. The number of unbranched alkanes of at least 4 members (excludes halogenated alkanes) is 2. The zero-order chi connectivity index (χ0) is 16.3. The molecule has 23 heavy (non-hydrogen) atoms. The molecule has 0 saturated carbocycles. The smallest absolute Gasteiger partial charge is 0.0946 e. The number of nitrogens with zero attached hydrogens (tertiary/aromatic N) is 2. The fraction of sp³-hybridized carbons (Fsp3) is 0.500. The second-order valence-corrected chi connectivity index (χ2v) is 8.48. The van der Waals surface area contributed by atoms with Crippen molar-refractivity contribution in [1.29, 1.82) is 0 Å². The van der Waals surface area contributed by atoms with Gasteiger partial charge in [-0.15, -0.1) is 0 Å². The molecule has 0 fully saturated rings. The lowest BCUT2D eigenvalue weighted by molar-refractivity contribution is 0.693. The molecule has 2 aromatic rings. The molecular weight excluding hydrogens is 344 g/mol. The molecule has 0 spiro atoms. The van der Waals surface area contributed by atoms with Crippen molar-refractivity contribution in [1.82, 2.24) is 9.55 Å². The van der Waals surface area contributed by atoms with E-state index in [1.165, 1.54) is 30.6 Å². The van der Waals surface area contributed by atoms with Crippen LogP contribution in [0.4, 0.5) is 0 Å². The molecule has 5 heteroatoms. The molecule has 0 aliphatic heterocycles. The summed E-state index contributed by atoms with van der Waals surface area (Å²) in [6, 6.07) is 8.18. The Kier molecular flexibility index (Phi) is 9.02. The summed E-state index contributed by atoms with van der Waals surface area (Å²) in [6.45, 7) is 3.31. The van der Waals surface area contributed by atoms with Crippen LogP contribution in [0.5, 0.6) is 0 Å². The van der Waals surface area contributed by atoms with Gasteiger partial charge in [0.05, 0.1) is 6.33 Å². The summed E-state index contributed by atoms with van der Waals surface area (Å²) in [5.74, 6) is 3.47. The third-order valence-electron chi connectivity index (χ3n) is 3.56. The molecule has 0 aliphatic carbocycles. The first-order valence-electron chi connectivity index (χ1n) is 8.17. The van der Waals surface area contributed by atoms with Gasteiger partial charge in [0.1, 0.15) is 0 Å². The molecular formula is C18H25ClN2S2. The van der Waals surface area contributed by atoms with Crippen LogP contribution in [0.2, 0.25) is 5.02 Å². The first-order valence-corrected chi connectivity index (χ1v) is 10.8. The topological polar surface area (TPSA) is 17.8 Å². The van der Waals surface area contributed by atoms with Crippen LogP contribution in [0.25, 0.3) is 0 Å². The summed E-state index contributed by atoms with van der Waals surface area (Å²) < 4.78 is 2.19. The van der Waals surface area contributed by atoms with Gasteiger partial charge in [-0.1, -0.05) is 43.5 Å². The third kappa shape index (κ3) is 7.69. The van der Waals surface area contributed by atoms with Gasteiger partial charge in [0.15, 0.2) is 0 Å². The number of benzene rings is 1. The predicted octanol–water partition coefficient (Wildman–Crippen LogP) is 5.76. The highest BCUT2D eigenvalue weighted by Gasteiger charge is 2.10. The first kappa shape index (κ1) is 18.8. The van der Waals surface area contributed by atoms with E-state index < -0.39 is 0 Å². The van der Waals surface area contributed by atoms with Crippen LogP contribution in [0.1, 0.15) is 31.7 Å². The largest absolute Gasteiger partial charge is 0.336 e. The lowest BCUT2D eigenvalue weighted by Crippen LogP contribution is -2.15. The Labute approximate surface area is 153 Å². The van der Waals surface area contributed by atoms with Gasteiger partial charge < -0.3 is 4.57 Å². The van der Waals surface area contributed by atoms with Crippen molar-refractivity contribution in [2.24, 2.45) is 0 Å². The van der Waals surface area contributed by atoms with Gasteiger partial charge in [-0.2, -0.15) is 23.5 Å². The Morgan fingerprint density at radius 1 is 1.22 bits per heavy atom.